The number of aromatic nitrogens is 1. The Labute approximate surface area is 376 Å². The summed E-state index contributed by atoms with van der Waals surface area (Å²) in [6.45, 7) is 8.13. The second kappa shape index (κ2) is 19.3. The van der Waals surface area contributed by atoms with Crippen molar-refractivity contribution in [3.8, 4) is 0 Å². The molecule has 2 N–H and O–H groups in total. The smallest absolute Gasteiger partial charge is 0.333 e. The van der Waals surface area contributed by atoms with Crippen molar-refractivity contribution in [3.63, 3.8) is 0 Å². The molecule has 0 spiro atoms. The zero-order valence-corrected chi connectivity index (χ0v) is 38.2. The molecule has 0 saturated carbocycles. The number of hydroxylamine groups is 2. The van der Waals surface area contributed by atoms with Crippen LogP contribution < -0.4 is 4.90 Å². The minimum atomic E-state index is -4.56. The summed E-state index contributed by atoms with van der Waals surface area (Å²) in [5.41, 5.74) is 2.01. The van der Waals surface area contributed by atoms with Crippen LogP contribution in [0.1, 0.15) is 103 Å². The molecule has 1 aromatic carbocycles. The fourth-order valence-electron chi connectivity index (χ4n) is 8.34. The van der Waals surface area contributed by atoms with E-state index in [-0.39, 0.29) is 48.5 Å². The van der Waals surface area contributed by atoms with Crippen molar-refractivity contribution in [2.45, 2.75) is 113 Å². The van der Waals surface area contributed by atoms with E-state index >= 15 is 0 Å². The van der Waals surface area contributed by atoms with Crippen LogP contribution in [0.4, 0.5) is 11.5 Å². The molecule has 0 radical (unpaired) electrons. The first-order chi connectivity index (χ1) is 30.5. The van der Waals surface area contributed by atoms with Gasteiger partial charge in [0.2, 0.25) is 11.8 Å². The van der Waals surface area contributed by atoms with Crippen LogP contribution in [-0.2, 0) is 69.4 Å². The summed E-state index contributed by atoms with van der Waals surface area (Å²) in [6, 6.07) is 5.80. The van der Waals surface area contributed by atoms with Gasteiger partial charge in [-0.25, -0.2) is 9.37 Å². The van der Waals surface area contributed by atoms with Crippen molar-refractivity contribution < 1.29 is 68.9 Å². The number of allylic oxidation sites excluding steroid dienone is 6. The molecule has 348 valence electrons. The zero-order valence-electron chi connectivity index (χ0n) is 36.5. The normalized spacial score (nSPS) is 18.9. The zero-order chi connectivity index (χ0) is 47.5. The molecule has 65 heavy (non-hydrogen) atoms. The van der Waals surface area contributed by atoms with E-state index in [1.54, 1.807) is 18.2 Å². The molecular weight excluding hydrogens is 887 g/mol. The van der Waals surface area contributed by atoms with Gasteiger partial charge >= 0.3 is 17.8 Å². The summed E-state index contributed by atoms with van der Waals surface area (Å²) in [6.07, 6.45) is 12.9. The Hall–Kier alpha value is -5.90. The number of hydrogen-bond donors (Lipinski definition) is 2. The maximum Gasteiger partial charge on any atom is 0.333 e. The van der Waals surface area contributed by atoms with E-state index in [9.17, 15) is 54.7 Å². The van der Waals surface area contributed by atoms with E-state index in [0.29, 0.717) is 67.2 Å². The number of amides is 4. The molecule has 0 aliphatic carbocycles. The SMILES string of the molecule is CC1(C)C(/C=C/C=C/C=C2\N(CCCCOC(=O)CN3C(=O)CCC3=O)c3ccc(S(=O)(=O)O)cc3C2(C)C)=[N+](CCCCCC(=O)ON2C(=O)CCC2=O)c2ncc(S(=O)(=O)O)cc21. The molecule has 4 aliphatic heterocycles. The maximum absolute atomic E-state index is 12.4. The molecule has 4 aliphatic rings. The van der Waals surface area contributed by atoms with Gasteiger partial charge in [0, 0.05) is 55.4 Å². The highest BCUT2D eigenvalue weighted by molar-refractivity contribution is 7.86. The van der Waals surface area contributed by atoms with Gasteiger partial charge in [-0.15, -0.1) is 5.06 Å². The van der Waals surface area contributed by atoms with Crippen LogP contribution in [0.5, 0.6) is 0 Å². The fourth-order valence-corrected chi connectivity index (χ4v) is 9.29. The number of unbranched alkanes of at least 4 members (excludes halogenated alkanes) is 3. The van der Waals surface area contributed by atoms with Gasteiger partial charge in [0.1, 0.15) is 17.2 Å². The first-order valence-corrected chi connectivity index (χ1v) is 24.0. The number of fused-ring (bicyclic) bond motifs is 2. The molecule has 5 heterocycles. The van der Waals surface area contributed by atoms with Crippen molar-refractivity contribution in [2.24, 2.45) is 0 Å². The highest BCUT2D eigenvalue weighted by atomic mass is 32.2. The number of pyridine rings is 1. The molecule has 4 amide bonds. The molecule has 2 saturated heterocycles. The number of esters is 1. The third kappa shape index (κ3) is 10.8. The summed E-state index contributed by atoms with van der Waals surface area (Å²) >= 11 is 0. The van der Waals surface area contributed by atoms with Crippen LogP contribution in [0.25, 0.3) is 0 Å². The minimum Gasteiger partial charge on any atom is -0.464 e. The molecule has 2 aromatic rings. The van der Waals surface area contributed by atoms with Crippen LogP contribution in [0.3, 0.4) is 0 Å². The Morgan fingerprint density at radius 3 is 2.06 bits per heavy atom. The molecule has 1 aromatic heterocycles. The van der Waals surface area contributed by atoms with Crippen LogP contribution in [0.15, 0.2) is 76.3 Å². The van der Waals surface area contributed by atoms with Gasteiger partial charge in [-0.1, -0.05) is 32.1 Å². The number of nitrogens with zero attached hydrogens (tertiary/aromatic N) is 5. The summed E-state index contributed by atoms with van der Waals surface area (Å²) in [4.78, 5) is 83.8. The third-order valence-corrected chi connectivity index (χ3v) is 13.5. The van der Waals surface area contributed by atoms with Gasteiger partial charge in [-0.2, -0.15) is 16.8 Å². The Balaban J connectivity index is 1.18. The summed E-state index contributed by atoms with van der Waals surface area (Å²) in [5.74, 6) is -2.82. The minimum absolute atomic E-state index is 0.00365. The molecule has 6 rings (SSSR count). The van der Waals surface area contributed by atoms with Crippen molar-refractivity contribution in [1.29, 1.82) is 0 Å². The lowest BCUT2D eigenvalue weighted by atomic mass is 9.82. The summed E-state index contributed by atoms with van der Waals surface area (Å²) < 4.78 is 75.4. The highest BCUT2D eigenvalue weighted by Crippen LogP contribution is 2.48. The number of imide groups is 2. The Bertz CT molecular complexity index is 2630. The Morgan fingerprint density at radius 2 is 1.40 bits per heavy atom. The van der Waals surface area contributed by atoms with E-state index < -0.39 is 73.2 Å². The van der Waals surface area contributed by atoms with Crippen molar-refractivity contribution in [3.05, 3.63) is 77.7 Å². The van der Waals surface area contributed by atoms with Crippen LogP contribution in [0, 0.1) is 0 Å². The van der Waals surface area contributed by atoms with Gasteiger partial charge in [0.25, 0.3) is 32.1 Å². The lowest BCUT2D eigenvalue weighted by Gasteiger charge is -2.27. The van der Waals surface area contributed by atoms with Crippen molar-refractivity contribution in [2.75, 3.05) is 31.1 Å². The number of likely N-dealkylation sites (tertiary alicyclic amines) is 1. The first kappa shape index (κ1) is 48.6. The topological polar surface area (TPSA) is 255 Å². The third-order valence-electron chi connectivity index (χ3n) is 11.8. The number of carbonyl (C=O) groups is 6. The van der Waals surface area contributed by atoms with Gasteiger partial charge in [-0.3, -0.25) is 38.0 Å². The van der Waals surface area contributed by atoms with E-state index in [4.69, 9.17) is 9.57 Å². The quantitative estimate of drug-likeness (QED) is 0.0495. The number of hydrogen-bond acceptors (Lipinski definition) is 14. The van der Waals surface area contributed by atoms with Crippen LogP contribution in [-0.4, -0.2) is 113 Å². The molecule has 2 fully saturated rings. The molecule has 21 heteroatoms. The average Bonchev–Trinajstić information content (AvgIpc) is 3.86. The monoisotopic (exact) mass is 938 g/mol. The van der Waals surface area contributed by atoms with Crippen molar-refractivity contribution >= 4 is 73.0 Å². The lowest BCUT2D eigenvalue weighted by Crippen LogP contribution is -2.35. The van der Waals surface area contributed by atoms with Gasteiger partial charge in [0.05, 0.1) is 29.0 Å². The van der Waals surface area contributed by atoms with E-state index in [1.165, 1.54) is 18.2 Å². The lowest BCUT2D eigenvalue weighted by molar-refractivity contribution is -0.442. The predicted molar refractivity (Wildman–Crippen MR) is 232 cm³/mol. The number of carbonyl (C=O) groups excluding carboxylic acids is 6. The number of rotatable bonds is 19. The largest absolute Gasteiger partial charge is 0.464 e. The van der Waals surface area contributed by atoms with Crippen LogP contribution >= 0.6 is 0 Å². The van der Waals surface area contributed by atoms with E-state index in [2.05, 4.69) is 4.98 Å². The van der Waals surface area contributed by atoms with Gasteiger partial charge in [0.15, 0.2) is 6.20 Å². The standard InChI is InChI=1S/C44H51N5O14S2/c1-43(2)31-25-29(64(56,57)58)16-17-33(31)46(22-11-12-24-62-41(55)28-48-36(50)18-19-37(48)51)34(43)13-7-5-8-14-35-44(3,4)32-26-30(65(59,60)61)27-45-42(32)47(35)23-10-6-9-15-40(54)63-49-38(52)20-21-39(49)53/h5,7-8,13-14,16-17,25-27H,6,9-12,15,18-24,28H2,1-4H3,(H-,56,57,58,59,60,61)/p+1. The second-order valence-corrected chi connectivity index (χ2v) is 19.9. The first-order valence-electron chi connectivity index (χ1n) is 21.1. The number of ether oxygens (including phenoxy) is 1. The summed E-state index contributed by atoms with van der Waals surface area (Å²) in [7, 11) is -9.06. The van der Waals surface area contributed by atoms with Gasteiger partial charge < -0.3 is 14.5 Å². The molecular formula is C44H52N5O14S2+. The van der Waals surface area contributed by atoms with E-state index in [0.717, 1.165) is 28.2 Å². The second-order valence-electron chi connectivity index (χ2n) is 17.1. The van der Waals surface area contributed by atoms with E-state index in [1.807, 2.05) is 55.4 Å². The number of benzene rings is 1. The van der Waals surface area contributed by atoms with Crippen molar-refractivity contribution in [1.82, 2.24) is 14.9 Å². The van der Waals surface area contributed by atoms with Gasteiger partial charge in [-0.05, 0) is 92.9 Å². The number of anilines is 1. The molecule has 0 atom stereocenters. The Kier molecular flexibility index (Phi) is 14.4. The summed E-state index contributed by atoms with van der Waals surface area (Å²) in [5, 5.41) is 0.516. The highest BCUT2D eigenvalue weighted by Gasteiger charge is 2.45. The molecule has 0 bridgehead atoms. The molecule has 0 unspecified atom stereocenters. The van der Waals surface area contributed by atoms with Crippen LogP contribution in [0.2, 0.25) is 0 Å². The Morgan fingerprint density at radius 1 is 0.754 bits per heavy atom. The maximum atomic E-state index is 12.4. The molecule has 19 nitrogen and oxygen atoms in total. The fraction of sp³-hybridized carbons (Fsp3) is 0.455. The predicted octanol–water partition coefficient (Wildman–Crippen LogP) is 4.39. The average molecular weight is 939 g/mol.